The average molecular weight is 402 g/mol. The van der Waals surface area contributed by atoms with Gasteiger partial charge in [-0.05, 0) is 25.1 Å². The van der Waals surface area contributed by atoms with E-state index in [9.17, 15) is 26.8 Å². The van der Waals surface area contributed by atoms with Crippen LogP contribution >= 0.6 is 0 Å². The van der Waals surface area contributed by atoms with Crippen LogP contribution in [0.2, 0.25) is 0 Å². The molecule has 3 amide bonds. The van der Waals surface area contributed by atoms with E-state index in [0.29, 0.717) is 19.2 Å². The van der Waals surface area contributed by atoms with Gasteiger partial charge in [0.25, 0.3) is 0 Å². The molecule has 2 saturated heterocycles. The molecule has 0 bridgehead atoms. The number of nitrogens with zero attached hydrogens (tertiary/aromatic N) is 3. The molecular weight excluding hydrogens is 382 g/mol. The van der Waals surface area contributed by atoms with E-state index < -0.39 is 38.6 Å². The van der Waals surface area contributed by atoms with Crippen LogP contribution in [0.4, 0.5) is 13.6 Å². The first kappa shape index (κ1) is 19.6. The molecule has 0 saturated carbocycles. The largest absolute Gasteiger partial charge is 0.336 e. The maximum atomic E-state index is 13.9. The quantitative estimate of drug-likeness (QED) is 0.778. The monoisotopic (exact) mass is 402 g/mol. The second-order valence-corrected chi connectivity index (χ2v) is 8.32. The maximum absolute atomic E-state index is 13.9. The number of piperazine rings is 1. The summed E-state index contributed by atoms with van der Waals surface area (Å²) in [7, 11) is -4.18. The highest BCUT2D eigenvalue weighted by atomic mass is 32.2. The Labute approximate surface area is 155 Å². The van der Waals surface area contributed by atoms with Gasteiger partial charge in [0.1, 0.15) is 16.5 Å². The summed E-state index contributed by atoms with van der Waals surface area (Å²) >= 11 is 0. The molecule has 1 aromatic carbocycles. The number of halogens is 2. The first-order valence-corrected chi connectivity index (χ1v) is 9.94. The van der Waals surface area contributed by atoms with Crippen molar-refractivity contribution in [3.63, 3.8) is 0 Å². The van der Waals surface area contributed by atoms with Crippen LogP contribution in [0.25, 0.3) is 0 Å². The van der Waals surface area contributed by atoms with Crippen LogP contribution in [0.5, 0.6) is 0 Å². The van der Waals surface area contributed by atoms with Crippen LogP contribution in [-0.2, 0) is 14.8 Å². The molecular formula is C16H20F2N4O4S. The van der Waals surface area contributed by atoms with E-state index in [1.807, 2.05) is 0 Å². The number of hydrogen-bond acceptors (Lipinski definition) is 5. The lowest BCUT2D eigenvalue weighted by Crippen LogP contribution is -2.55. The summed E-state index contributed by atoms with van der Waals surface area (Å²) in [4.78, 5) is 26.3. The number of amides is 3. The smallest absolute Gasteiger partial charge is 0.324 e. The fraction of sp³-hybridized carbons (Fsp3) is 0.500. The van der Waals surface area contributed by atoms with E-state index in [2.05, 4.69) is 5.32 Å². The zero-order chi connectivity index (χ0) is 19.8. The summed E-state index contributed by atoms with van der Waals surface area (Å²) in [5, 5.41) is 2.56. The molecule has 2 heterocycles. The molecule has 1 atom stereocenters. The van der Waals surface area contributed by atoms with Gasteiger partial charge in [0.05, 0.1) is 6.04 Å². The van der Waals surface area contributed by atoms with Crippen LogP contribution in [0, 0.1) is 11.6 Å². The van der Waals surface area contributed by atoms with Gasteiger partial charge in [0.2, 0.25) is 15.9 Å². The summed E-state index contributed by atoms with van der Waals surface area (Å²) in [6.07, 6.45) is 0. The number of sulfonamides is 1. The lowest BCUT2D eigenvalue weighted by atomic mass is 10.2. The zero-order valence-electron chi connectivity index (χ0n) is 14.7. The Hall–Kier alpha value is -2.11. The highest BCUT2D eigenvalue weighted by molar-refractivity contribution is 7.89. The minimum atomic E-state index is -4.18. The Morgan fingerprint density at radius 3 is 2.41 bits per heavy atom. The number of benzene rings is 1. The van der Waals surface area contributed by atoms with E-state index in [-0.39, 0.29) is 32.1 Å². The topological polar surface area (TPSA) is 90.0 Å². The molecule has 0 unspecified atom stereocenters. The summed E-state index contributed by atoms with van der Waals surface area (Å²) in [6, 6.07) is 1.27. The first-order chi connectivity index (χ1) is 12.7. The van der Waals surface area contributed by atoms with E-state index in [1.165, 1.54) is 0 Å². The Kier molecular flexibility index (Phi) is 5.45. The van der Waals surface area contributed by atoms with Gasteiger partial charge < -0.3 is 5.32 Å². The van der Waals surface area contributed by atoms with E-state index in [1.54, 1.807) is 11.8 Å². The molecule has 27 heavy (non-hydrogen) atoms. The standard InChI is InChI=1S/C16H20F2N4O4S/c1-11(15(23)22-5-4-19-16(22)24)20-6-8-21(9-7-20)27(25,26)14-10-12(17)2-3-13(14)18/h2-3,10-11H,4-9H2,1H3,(H,19,24)/t11-/m1/s1. The summed E-state index contributed by atoms with van der Waals surface area (Å²) in [6.45, 7) is 2.89. The highest BCUT2D eigenvalue weighted by Crippen LogP contribution is 2.22. The number of rotatable bonds is 4. The maximum Gasteiger partial charge on any atom is 0.324 e. The number of carbonyl (C=O) groups excluding carboxylic acids is 2. The van der Waals surface area contributed by atoms with Crippen molar-refractivity contribution in [1.29, 1.82) is 0 Å². The molecule has 2 aliphatic rings. The number of imide groups is 1. The summed E-state index contributed by atoms with van der Waals surface area (Å²) in [5.74, 6) is -2.20. The van der Waals surface area contributed by atoms with Gasteiger partial charge in [-0.2, -0.15) is 4.31 Å². The molecule has 148 valence electrons. The van der Waals surface area contributed by atoms with Gasteiger partial charge in [-0.1, -0.05) is 0 Å². The fourth-order valence-corrected chi connectivity index (χ4v) is 4.71. The molecule has 0 radical (unpaired) electrons. The molecule has 2 fully saturated rings. The van der Waals surface area contributed by atoms with Crippen molar-refractivity contribution in [2.45, 2.75) is 17.9 Å². The zero-order valence-corrected chi connectivity index (χ0v) is 15.5. The van der Waals surface area contributed by atoms with E-state index >= 15 is 0 Å². The van der Waals surface area contributed by atoms with Crippen LogP contribution in [0.3, 0.4) is 0 Å². The van der Waals surface area contributed by atoms with Crippen LogP contribution in [-0.4, -0.2) is 79.8 Å². The minimum Gasteiger partial charge on any atom is -0.336 e. The van der Waals surface area contributed by atoms with Crippen molar-refractivity contribution in [3.05, 3.63) is 29.8 Å². The van der Waals surface area contributed by atoms with E-state index in [4.69, 9.17) is 0 Å². The predicted octanol–water partition coefficient (Wildman–Crippen LogP) is 0.211. The number of carbonyl (C=O) groups is 2. The van der Waals surface area contributed by atoms with Crippen molar-refractivity contribution in [3.8, 4) is 0 Å². The highest BCUT2D eigenvalue weighted by Gasteiger charge is 2.36. The number of nitrogens with one attached hydrogen (secondary N) is 1. The Morgan fingerprint density at radius 1 is 1.15 bits per heavy atom. The van der Waals surface area contributed by atoms with Crippen molar-refractivity contribution in [2.24, 2.45) is 0 Å². The fourth-order valence-electron chi connectivity index (χ4n) is 3.21. The second kappa shape index (κ2) is 7.49. The molecule has 2 aliphatic heterocycles. The number of urea groups is 1. The van der Waals surface area contributed by atoms with Gasteiger partial charge in [0, 0.05) is 39.3 Å². The third-order valence-electron chi connectivity index (χ3n) is 4.81. The van der Waals surface area contributed by atoms with Crippen molar-refractivity contribution < 1.29 is 26.8 Å². The SMILES string of the molecule is C[C@H](C(=O)N1CCNC1=O)N1CCN(S(=O)(=O)c2cc(F)ccc2F)CC1. The molecule has 1 aromatic rings. The van der Waals surface area contributed by atoms with Gasteiger partial charge in [0.15, 0.2) is 0 Å². The molecule has 0 aromatic heterocycles. The molecule has 0 aliphatic carbocycles. The first-order valence-electron chi connectivity index (χ1n) is 8.50. The molecule has 1 N–H and O–H groups in total. The Bertz CT molecular complexity index is 856. The molecule has 3 rings (SSSR count). The lowest BCUT2D eigenvalue weighted by molar-refractivity contribution is -0.133. The third-order valence-corrected chi connectivity index (χ3v) is 6.73. The van der Waals surface area contributed by atoms with Crippen LogP contribution < -0.4 is 5.32 Å². The van der Waals surface area contributed by atoms with Crippen LogP contribution in [0.15, 0.2) is 23.1 Å². The van der Waals surface area contributed by atoms with Gasteiger partial charge in [-0.3, -0.25) is 14.6 Å². The lowest BCUT2D eigenvalue weighted by Gasteiger charge is -2.37. The molecule has 0 spiro atoms. The minimum absolute atomic E-state index is 0.0299. The van der Waals surface area contributed by atoms with E-state index in [0.717, 1.165) is 21.3 Å². The Balaban J connectivity index is 1.67. The predicted molar refractivity (Wildman–Crippen MR) is 91.3 cm³/mol. The van der Waals surface area contributed by atoms with Crippen molar-refractivity contribution in [2.75, 3.05) is 39.3 Å². The molecule has 8 nitrogen and oxygen atoms in total. The number of hydrogen-bond donors (Lipinski definition) is 1. The van der Waals surface area contributed by atoms with Crippen molar-refractivity contribution >= 4 is 22.0 Å². The molecule has 11 heteroatoms. The van der Waals surface area contributed by atoms with Crippen molar-refractivity contribution in [1.82, 2.24) is 19.4 Å². The average Bonchev–Trinajstić information content (AvgIpc) is 3.08. The van der Waals surface area contributed by atoms with Gasteiger partial charge >= 0.3 is 6.03 Å². The third kappa shape index (κ3) is 3.80. The summed E-state index contributed by atoms with van der Waals surface area (Å²) in [5.41, 5.74) is 0. The second-order valence-electron chi connectivity index (χ2n) is 6.41. The van der Waals surface area contributed by atoms with Crippen LogP contribution in [0.1, 0.15) is 6.92 Å². The normalized spacial score (nSPS) is 20.6. The summed E-state index contributed by atoms with van der Waals surface area (Å²) < 4.78 is 53.5. The van der Waals surface area contributed by atoms with Gasteiger partial charge in [-0.25, -0.2) is 22.0 Å². The Morgan fingerprint density at radius 2 is 1.81 bits per heavy atom. The van der Waals surface area contributed by atoms with Gasteiger partial charge in [-0.15, -0.1) is 0 Å².